The Hall–Kier alpha value is -1.33. The van der Waals surface area contributed by atoms with Crippen LogP contribution in [0.3, 0.4) is 0 Å². The number of hydrogen-bond donors (Lipinski definition) is 3. The molecule has 2 rings (SSSR count). The van der Waals surface area contributed by atoms with E-state index in [9.17, 15) is 0 Å². The highest BCUT2D eigenvalue weighted by molar-refractivity contribution is 7.45. The van der Waals surface area contributed by atoms with Gasteiger partial charge >= 0.3 is 7.82 Å². The number of rotatable bonds is 0. The zero-order valence-electron chi connectivity index (χ0n) is 7.56. The number of para-hydroxylation sites is 1. The minimum atomic E-state index is -4.64. The van der Waals surface area contributed by atoms with Crippen molar-refractivity contribution in [2.24, 2.45) is 0 Å². The van der Waals surface area contributed by atoms with Gasteiger partial charge < -0.3 is 14.7 Å². The first-order valence-corrected chi connectivity index (χ1v) is 5.46. The van der Waals surface area contributed by atoms with Crippen molar-refractivity contribution in [3.05, 3.63) is 36.8 Å². The van der Waals surface area contributed by atoms with Crippen molar-refractivity contribution in [3.8, 4) is 0 Å². The molecule has 7 heteroatoms. The molecule has 0 spiro atoms. The van der Waals surface area contributed by atoms with Gasteiger partial charge in [0.05, 0.1) is 5.52 Å². The van der Waals surface area contributed by atoms with Gasteiger partial charge in [-0.15, -0.1) is 0 Å². The largest absolute Gasteiger partial charge is 0.466 e. The molecule has 0 unspecified atom stereocenters. The van der Waals surface area contributed by atoms with Crippen molar-refractivity contribution in [2.45, 2.75) is 0 Å². The van der Waals surface area contributed by atoms with Crippen LogP contribution in [0.5, 0.6) is 0 Å². The first-order valence-electron chi connectivity index (χ1n) is 3.90. The van der Waals surface area contributed by atoms with Crippen LogP contribution in [-0.2, 0) is 4.57 Å². The standard InChI is InChI=1S/C8H6N2.H3O4P/c1-2-4-8-7(3-1)5-9-6-10-8;1-5(2,3)4/h1-6H;(H3,1,2,3,4). The average Bonchev–Trinajstić information content (AvgIpc) is 2.16. The maximum absolute atomic E-state index is 8.88. The molecule has 0 aliphatic heterocycles. The Morgan fingerprint density at radius 3 is 2.33 bits per heavy atom. The molecule has 6 nitrogen and oxygen atoms in total. The van der Waals surface area contributed by atoms with Crippen LogP contribution in [0.25, 0.3) is 10.9 Å². The number of nitrogens with zero attached hydrogens (tertiary/aromatic N) is 2. The van der Waals surface area contributed by atoms with E-state index in [1.54, 1.807) is 6.33 Å². The Labute approximate surface area is 85.5 Å². The molecule has 0 amide bonds. The fourth-order valence-electron chi connectivity index (χ4n) is 0.923. The molecule has 1 heterocycles. The first-order chi connectivity index (χ1) is 6.97. The van der Waals surface area contributed by atoms with Crippen LogP contribution < -0.4 is 0 Å². The highest BCUT2D eigenvalue weighted by atomic mass is 31.2. The Kier molecular flexibility index (Phi) is 3.88. The summed E-state index contributed by atoms with van der Waals surface area (Å²) in [4.78, 5) is 29.5. The maximum atomic E-state index is 8.88. The van der Waals surface area contributed by atoms with Crippen molar-refractivity contribution in [1.82, 2.24) is 9.97 Å². The van der Waals surface area contributed by atoms with E-state index in [0.29, 0.717) is 0 Å². The summed E-state index contributed by atoms with van der Waals surface area (Å²) in [7, 11) is -4.64. The van der Waals surface area contributed by atoms with E-state index in [4.69, 9.17) is 19.2 Å². The van der Waals surface area contributed by atoms with Crippen molar-refractivity contribution in [2.75, 3.05) is 0 Å². The molecule has 0 saturated heterocycles. The molecule has 0 aliphatic carbocycles. The van der Waals surface area contributed by atoms with Gasteiger partial charge in [0.15, 0.2) is 0 Å². The Morgan fingerprint density at radius 2 is 1.73 bits per heavy atom. The van der Waals surface area contributed by atoms with Crippen LogP contribution >= 0.6 is 7.82 Å². The second-order valence-electron chi connectivity index (χ2n) is 2.59. The molecular weight excluding hydrogens is 219 g/mol. The second-order valence-corrected chi connectivity index (χ2v) is 3.62. The second kappa shape index (κ2) is 4.95. The van der Waals surface area contributed by atoms with Crippen LogP contribution in [0.1, 0.15) is 0 Å². The molecule has 0 aliphatic rings. The van der Waals surface area contributed by atoms with Crippen molar-refractivity contribution < 1.29 is 19.2 Å². The van der Waals surface area contributed by atoms with E-state index in [2.05, 4.69) is 9.97 Å². The topological polar surface area (TPSA) is 104 Å². The predicted molar refractivity (Wildman–Crippen MR) is 53.8 cm³/mol. The summed E-state index contributed by atoms with van der Waals surface area (Å²) in [6.45, 7) is 0. The van der Waals surface area contributed by atoms with E-state index >= 15 is 0 Å². The quantitative estimate of drug-likeness (QED) is 0.573. The van der Waals surface area contributed by atoms with E-state index < -0.39 is 7.82 Å². The lowest BCUT2D eigenvalue weighted by atomic mass is 10.2. The Morgan fingerprint density at radius 1 is 1.13 bits per heavy atom. The summed E-state index contributed by atoms with van der Waals surface area (Å²) in [6, 6.07) is 7.91. The third-order valence-electron chi connectivity index (χ3n) is 1.41. The highest BCUT2D eigenvalue weighted by Crippen LogP contribution is 2.25. The monoisotopic (exact) mass is 228 g/mol. The molecule has 0 bridgehead atoms. The molecular formula is C8H9N2O4P. The summed E-state index contributed by atoms with van der Waals surface area (Å²) < 4.78 is 8.88. The lowest BCUT2D eigenvalue weighted by Gasteiger charge is -1.90. The van der Waals surface area contributed by atoms with Crippen LogP contribution in [0.2, 0.25) is 0 Å². The predicted octanol–water partition coefficient (Wildman–Crippen LogP) is 0.701. The zero-order chi connectivity index (χ0) is 11.3. The number of aromatic nitrogens is 2. The number of hydrogen-bond acceptors (Lipinski definition) is 3. The maximum Gasteiger partial charge on any atom is 0.466 e. The van der Waals surface area contributed by atoms with Gasteiger partial charge in [0.1, 0.15) is 6.33 Å². The summed E-state index contributed by atoms with van der Waals surface area (Å²) in [5, 5.41) is 1.09. The fourth-order valence-corrected chi connectivity index (χ4v) is 0.923. The average molecular weight is 228 g/mol. The van der Waals surface area contributed by atoms with Crippen LogP contribution in [0, 0.1) is 0 Å². The lowest BCUT2D eigenvalue weighted by Crippen LogP contribution is -1.77. The normalized spacial score (nSPS) is 10.6. The minimum absolute atomic E-state index is 0.998. The molecule has 80 valence electrons. The fraction of sp³-hybridized carbons (Fsp3) is 0. The lowest BCUT2D eigenvalue weighted by molar-refractivity contribution is 0.275. The molecule has 0 atom stereocenters. The third-order valence-corrected chi connectivity index (χ3v) is 1.41. The minimum Gasteiger partial charge on any atom is -0.303 e. The van der Waals surface area contributed by atoms with Crippen molar-refractivity contribution in [3.63, 3.8) is 0 Å². The molecule has 1 aromatic heterocycles. The van der Waals surface area contributed by atoms with Gasteiger partial charge in [0.2, 0.25) is 0 Å². The number of benzene rings is 1. The van der Waals surface area contributed by atoms with Crippen molar-refractivity contribution in [1.29, 1.82) is 0 Å². The van der Waals surface area contributed by atoms with E-state index in [0.717, 1.165) is 10.9 Å². The molecule has 3 N–H and O–H groups in total. The smallest absolute Gasteiger partial charge is 0.303 e. The van der Waals surface area contributed by atoms with E-state index in [1.165, 1.54) is 0 Å². The summed E-state index contributed by atoms with van der Waals surface area (Å²) in [6.07, 6.45) is 3.37. The van der Waals surface area contributed by atoms with Crippen LogP contribution in [0.15, 0.2) is 36.8 Å². The molecule has 2 aromatic rings. The summed E-state index contributed by atoms with van der Waals surface area (Å²) in [5.74, 6) is 0. The molecule has 0 radical (unpaired) electrons. The van der Waals surface area contributed by atoms with Gasteiger partial charge in [-0.05, 0) is 6.07 Å². The molecule has 1 aromatic carbocycles. The molecule has 0 fully saturated rings. The molecule has 15 heavy (non-hydrogen) atoms. The zero-order valence-corrected chi connectivity index (χ0v) is 8.45. The van der Waals surface area contributed by atoms with Crippen molar-refractivity contribution >= 4 is 18.7 Å². The first kappa shape index (κ1) is 11.7. The van der Waals surface area contributed by atoms with Gasteiger partial charge in [-0.3, -0.25) is 0 Å². The van der Waals surface area contributed by atoms with Gasteiger partial charge in [-0.2, -0.15) is 0 Å². The Bertz CT molecular complexity index is 411. The number of phosphoric acid groups is 1. The molecule has 0 saturated carbocycles. The van der Waals surface area contributed by atoms with Crippen LogP contribution in [-0.4, -0.2) is 24.6 Å². The van der Waals surface area contributed by atoms with Gasteiger partial charge in [-0.25, -0.2) is 14.5 Å². The summed E-state index contributed by atoms with van der Waals surface area (Å²) in [5.41, 5.74) is 0.998. The van der Waals surface area contributed by atoms with Gasteiger partial charge in [-0.1, -0.05) is 18.2 Å². The third kappa shape index (κ3) is 5.19. The highest BCUT2D eigenvalue weighted by Gasteiger charge is 2.00. The Balaban J connectivity index is 0.000000195. The van der Waals surface area contributed by atoms with E-state index in [1.807, 2.05) is 30.5 Å². The van der Waals surface area contributed by atoms with Gasteiger partial charge in [0, 0.05) is 11.6 Å². The van der Waals surface area contributed by atoms with E-state index in [-0.39, 0.29) is 0 Å². The van der Waals surface area contributed by atoms with Gasteiger partial charge in [0.25, 0.3) is 0 Å². The van der Waals surface area contributed by atoms with Crippen LogP contribution in [0.4, 0.5) is 0 Å². The SMILES string of the molecule is O=P(O)(O)O.c1ccc2ncncc2c1. The summed E-state index contributed by atoms with van der Waals surface area (Å²) >= 11 is 0. The number of fused-ring (bicyclic) bond motifs is 1.